The Kier molecular flexibility index (Phi) is 4.14. The van der Waals surface area contributed by atoms with Gasteiger partial charge in [-0.15, -0.1) is 0 Å². The molecule has 0 saturated heterocycles. The van der Waals surface area contributed by atoms with Crippen LogP contribution in [0.15, 0.2) is 34.2 Å². The average molecular weight is 327 g/mol. The van der Waals surface area contributed by atoms with E-state index in [0.717, 1.165) is 12.1 Å². The molecular formula is C11H4ClF5N2S. The number of halogens is 6. The van der Waals surface area contributed by atoms with Crippen molar-refractivity contribution in [1.82, 2.24) is 9.97 Å². The van der Waals surface area contributed by atoms with Gasteiger partial charge in [-0.25, -0.2) is 18.7 Å². The monoisotopic (exact) mass is 326 g/mol. The molecule has 0 aliphatic rings. The highest BCUT2D eigenvalue weighted by atomic mass is 35.5. The Morgan fingerprint density at radius 1 is 1.05 bits per heavy atom. The van der Waals surface area contributed by atoms with Crippen molar-refractivity contribution >= 4 is 23.4 Å². The van der Waals surface area contributed by atoms with Crippen LogP contribution < -0.4 is 0 Å². The van der Waals surface area contributed by atoms with E-state index in [9.17, 15) is 22.0 Å². The molecule has 20 heavy (non-hydrogen) atoms. The third-order valence-electron chi connectivity index (χ3n) is 2.07. The highest BCUT2D eigenvalue weighted by molar-refractivity contribution is 7.99. The minimum Gasteiger partial charge on any atom is -0.213 e. The highest BCUT2D eigenvalue weighted by Crippen LogP contribution is 2.34. The summed E-state index contributed by atoms with van der Waals surface area (Å²) in [4.78, 5) is 6.53. The molecule has 0 spiro atoms. The summed E-state index contributed by atoms with van der Waals surface area (Å²) in [6, 6.07) is 3.34. The average Bonchev–Trinajstić information content (AvgIpc) is 2.31. The van der Waals surface area contributed by atoms with Crippen LogP contribution in [0.3, 0.4) is 0 Å². The lowest BCUT2D eigenvalue weighted by molar-refractivity contribution is -0.141. The van der Waals surface area contributed by atoms with E-state index in [1.807, 2.05) is 0 Å². The molecule has 0 amide bonds. The van der Waals surface area contributed by atoms with E-state index in [2.05, 4.69) is 9.97 Å². The predicted octanol–water partition coefficient (Wildman–Crippen LogP) is 4.58. The van der Waals surface area contributed by atoms with E-state index < -0.39 is 28.8 Å². The first kappa shape index (κ1) is 15.0. The molecule has 2 nitrogen and oxygen atoms in total. The van der Waals surface area contributed by atoms with Crippen LogP contribution in [0.5, 0.6) is 0 Å². The second-order valence-electron chi connectivity index (χ2n) is 3.54. The summed E-state index contributed by atoms with van der Waals surface area (Å²) in [5, 5.41) is -0.798. The van der Waals surface area contributed by atoms with Crippen LogP contribution in [0, 0.1) is 11.6 Å². The molecule has 2 rings (SSSR count). The molecule has 1 aromatic carbocycles. The molecule has 1 aromatic heterocycles. The van der Waals surface area contributed by atoms with E-state index in [-0.39, 0.29) is 9.92 Å². The van der Waals surface area contributed by atoms with Crippen molar-refractivity contribution in [2.75, 3.05) is 0 Å². The van der Waals surface area contributed by atoms with Crippen molar-refractivity contribution in [3.8, 4) is 0 Å². The number of hydrogen-bond acceptors (Lipinski definition) is 3. The van der Waals surface area contributed by atoms with Gasteiger partial charge in [0.05, 0.1) is 0 Å². The Balaban J connectivity index is 2.36. The quantitative estimate of drug-likeness (QED) is 0.459. The minimum atomic E-state index is -4.69. The lowest BCUT2D eigenvalue weighted by Gasteiger charge is -2.08. The zero-order valence-corrected chi connectivity index (χ0v) is 11.0. The van der Waals surface area contributed by atoms with Crippen LogP contribution in [0.25, 0.3) is 0 Å². The number of nitrogens with zero attached hydrogens (tertiary/aromatic N) is 2. The summed E-state index contributed by atoms with van der Waals surface area (Å²) in [6.07, 6.45) is -4.69. The number of hydrogen-bond donors (Lipinski definition) is 0. The summed E-state index contributed by atoms with van der Waals surface area (Å²) >= 11 is 5.99. The van der Waals surface area contributed by atoms with Crippen LogP contribution >= 0.6 is 23.4 Å². The fraction of sp³-hybridized carbons (Fsp3) is 0.0909. The lowest BCUT2D eigenvalue weighted by atomic mass is 10.3. The van der Waals surface area contributed by atoms with E-state index in [1.165, 1.54) is 0 Å². The third kappa shape index (κ3) is 3.57. The predicted molar refractivity (Wildman–Crippen MR) is 62.5 cm³/mol. The Bertz CT molecular complexity index is 647. The zero-order chi connectivity index (χ0) is 14.9. The van der Waals surface area contributed by atoms with Gasteiger partial charge in [0.25, 0.3) is 0 Å². The first-order valence-corrected chi connectivity index (χ1v) is 6.20. The molecule has 2 aromatic rings. The van der Waals surface area contributed by atoms with Crippen molar-refractivity contribution in [3.63, 3.8) is 0 Å². The molecule has 0 unspecified atom stereocenters. The van der Waals surface area contributed by atoms with Crippen LogP contribution in [0.1, 0.15) is 5.69 Å². The molecule has 0 aliphatic heterocycles. The number of aromatic nitrogens is 2. The number of alkyl halides is 3. The number of rotatable bonds is 2. The first-order chi connectivity index (χ1) is 9.25. The minimum absolute atomic E-state index is 0.0747. The molecule has 0 fully saturated rings. The summed E-state index contributed by atoms with van der Waals surface area (Å²) in [6.45, 7) is 0. The molecule has 1 heterocycles. The Morgan fingerprint density at radius 2 is 1.75 bits per heavy atom. The standard InChI is InChI=1S/C11H4ClF5N2S/c12-10-18-8(11(15,16)17)4-9(19-10)20-7-2-1-5(13)3-6(7)14/h1-4H. The summed E-state index contributed by atoms with van der Waals surface area (Å²) in [5.74, 6) is -1.69. The summed E-state index contributed by atoms with van der Waals surface area (Å²) in [7, 11) is 0. The van der Waals surface area contributed by atoms with Gasteiger partial charge in [-0.2, -0.15) is 13.2 Å². The second kappa shape index (κ2) is 5.53. The Labute approximate surface area is 119 Å². The Morgan fingerprint density at radius 3 is 2.35 bits per heavy atom. The maximum atomic E-state index is 13.4. The van der Waals surface area contributed by atoms with Crippen molar-refractivity contribution in [1.29, 1.82) is 0 Å². The van der Waals surface area contributed by atoms with Crippen LogP contribution in [0.2, 0.25) is 5.28 Å². The molecule has 0 atom stereocenters. The molecule has 0 saturated carbocycles. The van der Waals surface area contributed by atoms with Gasteiger partial charge in [-0.1, -0.05) is 11.8 Å². The Hall–Kier alpha value is -1.41. The normalized spacial score (nSPS) is 11.7. The van der Waals surface area contributed by atoms with Gasteiger partial charge in [0.1, 0.15) is 16.7 Å². The molecule has 0 N–H and O–H groups in total. The molecular weight excluding hydrogens is 323 g/mol. The van der Waals surface area contributed by atoms with Gasteiger partial charge >= 0.3 is 6.18 Å². The first-order valence-electron chi connectivity index (χ1n) is 5.00. The highest BCUT2D eigenvalue weighted by Gasteiger charge is 2.33. The largest absolute Gasteiger partial charge is 0.433 e. The van der Waals surface area contributed by atoms with Gasteiger partial charge in [0.15, 0.2) is 5.69 Å². The van der Waals surface area contributed by atoms with E-state index in [0.29, 0.717) is 23.9 Å². The molecule has 0 radical (unpaired) electrons. The smallest absolute Gasteiger partial charge is 0.213 e. The fourth-order valence-electron chi connectivity index (χ4n) is 1.26. The van der Waals surface area contributed by atoms with Crippen molar-refractivity contribution in [2.45, 2.75) is 16.1 Å². The second-order valence-corrected chi connectivity index (χ2v) is 4.94. The topological polar surface area (TPSA) is 25.8 Å². The SMILES string of the molecule is Fc1ccc(Sc2cc(C(F)(F)F)nc(Cl)n2)c(F)c1. The third-order valence-corrected chi connectivity index (χ3v) is 3.21. The van der Waals surface area contributed by atoms with Gasteiger partial charge in [0.2, 0.25) is 5.28 Å². The van der Waals surface area contributed by atoms with E-state index in [4.69, 9.17) is 11.6 Å². The van der Waals surface area contributed by atoms with Crippen LogP contribution in [-0.2, 0) is 6.18 Å². The van der Waals surface area contributed by atoms with Gasteiger partial charge in [-0.05, 0) is 23.7 Å². The van der Waals surface area contributed by atoms with Crippen molar-refractivity contribution < 1.29 is 22.0 Å². The molecule has 106 valence electrons. The summed E-state index contributed by atoms with van der Waals surface area (Å²) in [5.41, 5.74) is -1.23. The molecule has 0 bridgehead atoms. The maximum Gasteiger partial charge on any atom is 0.433 e. The summed E-state index contributed by atoms with van der Waals surface area (Å²) < 4.78 is 63.7. The van der Waals surface area contributed by atoms with Crippen LogP contribution in [0.4, 0.5) is 22.0 Å². The zero-order valence-electron chi connectivity index (χ0n) is 9.38. The van der Waals surface area contributed by atoms with Gasteiger partial charge < -0.3 is 0 Å². The van der Waals surface area contributed by atoms with E-state index in [1.54, 1.807) is 0 Å². The molecule has 9 heteroatoms. The van der Waals surface area contributed by atoms with Crippen molar-refractivity contribution in [3.05, 3.63) is 46.9 Å². The van der Waals surface area contributed by atoms with Crippen molar-refractivity contribution in [2.24, 2.45) is 0 Å². The maximum absolute atomic E-state index is 13.4. The van der Waals surface area contributed by atoms with Gasteiger partial charge in [0, 0.05) is 17.0 Å². The number of benzene rings is 1. The van der Waals surface area contributed by atoms with Gasteiger partial charge in [-0.3, -0.25) is 0 Å². The van der Waals surface area contributed by atoms with E-state index >= 15 is 0 Å². The molecule has 0 aliphatic carbocycles. The fourth-order valence-corrected chi connectivity index (χ4v) is 2.32. The lowest BCUT2D eigenvalue weighted by Crippen LogP contribution is -2.09. The van der Waals surface area contributed by atoms with Crippen LogP contribution in [-0.4, -0.2) is 9.97 Å².